The molecule has 0 saturated heterocycles. The summed E-state index contributed by atoms with van der Waals surface area (Å²) in [6.45, 7) is 3.04. The second kappa shape index (κ2) is 6.64. The van der Waals surface area contributed by atoms with Gasteiger partial charge in [0.05, 0.1) is 18.4 Å². The van der Waals surface area contributed by atoms with E-state index in [1.807, 2.05) is 6.92 Å². The van der Waals surface area contributed by atoms with E-state index in [4.69, 9.17) is 4.74 Å². The van der Waals surface area contributed by atoms with Crippen molar-refractivity contribution in [3.8, 4) is 0 Å². The molecule has 0 atom stereocenters. The smallest absolute Gasteiger partial charge is 0.186 e. The van der Waals surface area contributed by atoms with Crippen molar-refractivity contribution in [3.63, 3.8) is 0 Å². The van der Waals surface area contributed by atoms with Crippen molar-refractivity contribution in [1.29, 1.82) is 0 Å². The van der Waals surface area contributed by atoms with E-state index in [9.17, 15) is 4.39 Å². The normalized spacial score (nSPS) is 16.1. The summed E-state index contributed by atoms with van der Waals surface area (Å²) in [5.41, 5.74) is 0.448. The predicted molar refractivity (Wildman–Crippen MR) is 68.1 cm³/mol. The third-order valence-electron chi connectivity index (χ3n) is 3.25. The van der Waals surface area contributed by atoms with E-state index in [0.29, 0.717) is 31.4 Å². The first-order chi connectivity index (χ1) is 8.81. The molecule has 0 aliphatic heterocycles. The van der Waals surface area contributed by atoms with Crippen LogP contribution in [0.25, 0.3) is 0 Å². The molecule has 1 aliphatic carbocycles. The lowest BCUT2D eigenvalue weighted by Gasteiger charge is -2.12. The van der Waals surface area contributed by atoms with Gasteiger partial charge >= 0.3 is 0 Å². The van der Waals surface area contributed by atoms with Gasteiger partial charge in [0.1, 0.15) is 6.33 Å². The number of anilines is 1. The molecule has 100 valence electrons. The number of aryl methyl sites for hydroxylation is 1. The van der Waals surface area contributed by atoms with Crippen LogP contribution in [0.4, 0.5) is 10.2 Å². The van der Waals surface area contributed by atoms with Gasteiger partial charge in [-0.25, -0.2) is 14.4 Å². The standard InChI is InChI=1S/C13H20FN3O/c1-2-11-12(14)13(17-9-16-11)15-7-8-18-10-5-3-4-6-10/h9-10H,2-8H2,1H3,(H,15,16,17). The van der Waals surface area contributed by atoms with Crippen molar-refractivity contribution in [2.75, 3.05) is 18.5 Å². The zero-order chi connectivity index (χ0) is 12.8. The van der Waals surface area contributed by atoms with Crippen LogP contribution in [0.1, 0.15) is 38.3 Å². The molecule has 0 spiro atoms. The Morgan fingerprint density at radius 1 is 1.39 bits per heavy atom. The quantitative estimate of drug-likeness (QED) is 0.791. The van der Waals surface area contributed by atoms with Crippen molar-refractivity contribution >= 4 is 5.82 Å². The highest BCUT2D eigenvalue weighted by molar-refractivity contribution is 5.37. The molecule has 2 rings (SSSR count). The Balaban J connectivity index is 1.75. The summed E-state index contributed by atoms with van der Waals surface area (Å²) in [6, 6.07) is 0. The molecule has 0 bridgehead atoms. The molecule has 1 aromatic heterocycles. The first-order valence-corrected chi connectivity index (χ1v) is 6.66. The average Bonchev–Trinajstić information content (AvgIpc) is 2.89. The highest BCUT2D eigenvalue weighted by Gasteiger charge is 2.15. The van der Waals surface area contributed by atoms with Crippen molar-refractivity contribution in [3.05, 3.63) is 17.8 Å². The second-order valence-corrected chi connectivity index (χ2v) is 4.54. The Morgan fingerprint density at radius 3 is 2.89 bits per heavy atom. The third-order valence-corrected chi connectivity index (χ3v) is 3.25. The molecule has 1 aromatic rings. The number of hydrogen-bond donors (Lipinski definition) is 1. The van der Waals surface area contributed by atoms with Gasteiger partial charge in [0.2, 0.25) is 0 Å². The molecular weight excluding hydrogens is 233 g/mol. The molecule has 4 nitrogen and oxygen atoms in total. The van der Waals surface area contributed by atoms with Crippen LogP contribution in [0.15, 0.2) is 6.33 Å². The number of ether oxygens (including phenoxy) is 1. The summed E-state index contributed by atoms with van der Waals surface area (Å²) in [4.78, 5) is 7.79. The molecule has 0 radical (unpaired) electrons. The summed E-state index contributed by atoms with van der Waals surface area (Å²) >= 11 is 0. The summed E-state index contributed by atoms with van der Waals surface area (Å²) in [5.74, 6) is -0.0715. The van der Waals surface area contributed by atoms with Crippen molar-refractivity contribution in [1.82, 2.24) is 9.97 Å². The van der Waals surface area contributed by atoms with Gasteiger partial charge < -0.3 is 10.1 Å². The summed E-state index contributed by atoms with van der Waals surface area (Å²) in [7, 11) is 0. The molecule has 1 N–H and O–H groups in total. The maximum atomic E-state index is 13.8. The molecule has 18 heavy (non-hydrogen) atoms. The van der Waals surface area contributed by atoms with Gasteiger partial charge in [-0.15, -0.1) is 0 Å². The molecule has 1 fully saturated rings. The molecule has 1 heterocycles. The lowest BCUT2D eigenvalue weighted by Crippen LogP contribution is -2.17. The van der Waals surface area contributed by atoms with Crippen LogP contribution < -0.4 is 5.32 Å². The van der Waals surface area contributed by atoms with Gasteiger partial charge in [0.15, 0.2) is 11.6 Å². The Kier molecular flexibility index (Phi) is 4.87. The second-order valence-electron chi connectivity index (χ2n) is 4.54. The largest absolute Gasteiger partial charge is 0.376 e. The third kappa shape index (κ3) is 3.38. The number of nitrogens with zero attached hydrogens (tertiary/aromatic N) is 2. The molecule has 5 heteroatoms. The van der Waals surface area contributed by atoms with E-state index in [0.717, 1.165) is 12.8 Å². The van der Waals surface area contributed by atoms with Crippen LogP contribution in [0.3, 0.4) is 0 Å². The van der Waals surface area contributed by atoms with Crippen LogP contribution in [-0.4, -0.2) is 29.2 Å². The average molecular weight is 253 g/mol. The van der Waals surface area contributed by atoms with Gasteiger partial charge in [0, 0.05) is 6.54 Å². The van der Waals surface area contributed by atoms with Crippen LogP contribution in [0.2, 0.25) is 0 Å². The number of rotatable bonds is 6. The molecule has 0 amide bonds. The van der Waals surface area contributed by atoms with E-state index in [1.165, 1.54) is 19.2 Å². The van der Waals surface area contributed by atoms with Gasteiger partial charge in [0.25, 0.3) is 0 Å². The summed E-state index contributed by atoms with van der Waals surface area (Å²) in [5, 5.41) is 2.96. The van der Waals surface area contributed by atoms with Gasteiger partial charge in [-0.05, 0) is 19.3 Å². The maximum Gasteiger partial charge on any atom is 0.186 e. The van der Waals surface area contributed by atoms with Crippen molar-refractivity contribution < 1.29 is 9.13 Å². The predicted octanol–water partition coefficient (Wildman–Crippen LogP) is 2.55. The fourth-order valence-corrected chi connectivity index (χ4v) is 2.23. The minimum Gasteiger partial charge on any atom is -0.376 e. The minimum atomic E-state index is -0.346. The molecule has 0 aromatic carbocycles. The zero-order valence-corrected chi connectivity index (χ0v) is 10.8. The first-order valence-electron chi connectivity index (χ1n) is 6.66. The molecular formula is C13H20FN3O. The Labute approximate surface area is 107 Å². The highest BCUT2D eigenvalue weighted by Crippen LogP contribution is 2.20. The first kappa shape index (κ1) is 13.2. The summed E-state index contributed by atoms with van der Waals surface area (Å²) < 4.78 is 19.5. The van der Waals surface area contributed by atoms with E-state index in [2.05, 4.69) is 15.3 Å². The minimum absolute atomic E-state index is 0.275. The van der Waals surface area contributed by atoms with Crippen LogP contribution in [-0.2, 0) is 11.2 Å². The number of nitrogens with one attached hydrogen (secondary N) is 1. The number of aromatic nitrogens is 2. The highest BCUT2D eigenvalue weighted by atomic mass is 19.1. The number of halogens is 1. The summed E-state index contributed by atoms with van der Waals surface area (Å²) in [6.07, 6.45) is 7.19. The van der Waals surface area contributed by atoms with Crippen LogP contribution in [0.5, 0.6) is 0 Å². The lowest BCUT2D eigenvalue weighted by atomic mass is 10.3. The van der Waals surface area contributed by atoms with Gasteiger partial charge in [-0.1, -0.05) is 19.8 Å². The monoisotopic (exact) mass is 253 g/mol. The molecule has 0 unspecified atom stereocenters. The zero-order valence-electron chi connectivity index (χ0n) is 10.8. The van der Waals surface area contributed by atoms with Gasteiger partial charge in [-0.3, -0.25) is 0 Å². The topological polar surface area (TPSA) is 47.0 Å². The van der Waals surface area contributed by atoms with Gasteiger partial charge in [-0.2, -0.15) is 0 Å². The Morgan fingerprint density at radius 2 is 2.17 bits per heavy atom. The van der Waals surface area contributed by atoms with E-state index < -0.39 is 0 Å². The lowest BCUT2D eigenvalue weighted by molar-refractivity contribution is 0.0658. The van der Waals surface area contributed by atoms with Crippen LogP contribution in [0, 0.1) is 5.82 Å². The number of hydrogen-bond acceptors (Lipinski definition) is 4. The maximum absolute atomic E-state index is 13.8. The van der Waals surface area contributed by atoms with E-state index in [-0.39, 0.29) is 11.6 Å². The van der Waals surface area contributed by atoms with Crippen molar-refractivity contribution in [2.24, 2.45) is 0 Å². The van der Waals surface area contributed by atoms with E-state index in [1.54, 1.807) is 0 Å². The van der Waals surface area contributed by atoms with Crippen molar-refractivity contribution in [2.45, 2.75) is 45.1 Å². The molecule has 1 aliphatic rings. The molecule has 1 saturated carbocycles. The Hall–Kier alpha value is -1.23. The fourth-order valence-electron chi connectivity index (χ4n) is 2.23. The SMILES string of the molecule is CCc1ncnc(NCCOC2CCCC2)c1F. The van der Waals surface area contributed by atoms with Crippen LogP contribution >= 0.6 is 0 Å². The Bertz CT molecular complexity index is 380. The fraction of sp³-hybridized carbons (Fsp3) is 0.692. The van der Waals surface area contributed by atoms with E-state index >= 15 is 0 Å².